The number of carbonyl (C=O) groups is 1. The summed E-state index contributed by atoms with van der Waals surface area (Å²) in [6.07, 6.45) is 4.53. The molecular weight excluding hydrogens is 372 g/mol. The maximum absolute atomic E-state index is 12.6. The van der Waals surface area contributed by atoms with Crippen molar-refractivity contribution in [1.29, 1.82) is 0 Å². The molecule has 1 amide bonds. The second kappa shape index (κ2) is 8.44. The maximum atomic E-state index is 12.6. The molecule has 0 bridgehead atoms. The lowest BCUT2D eigenvalue weighted by Gasteiger charge is -2.32. The van der Waals surface area contributed by atoms with Gasteiger partial charge in [-0.1, -0.05) is 5.16 Å². The molecule has 0 radical (unpaired) electrons. The minimum absolute atomic E-state index is 0.0538. The molecule has 1 saturated heterocycles. The molecule has 3 aromatic rings. The van der Waals surface area contributed by atoms with Crippen LogP contribution in [-0.4, -0.2) is 61.9 Å². The third-order valence-electron chi connectivity index (χ3n) is 4.95. The molecular formula is C20H22N6O3. The molecule has 4 rings (SSSR count). The third kappa shape index (κ3) is 4.29. The van der Waals surface area contributed by atoms with Crippen LogP contribution in [0, 0.1) is 13.8 Å². The minimum Gasteiger partial charge on any atom is -0.375 e. The fraction of sp³-hybridized carbons (Fsp3) is 0.400. The summed E-state index contributed by atoms with van der Waals surface area (Å²) in [6.45, 7) is 5.35. The van der Waals surface area contributed by atoms with E-state index in [-0.39, 0.29) is 12.0 Å². The van der Waals surface area contributed by atoms with Crippen LogP contribution in [0.3, 0.4) is 0 Å². The van der Waals surface area contributed by atoms with Crippen molar-refractivity contribution in [3.05, 3.63) is 53.6 Å². The van der Waals surface area contributed by atoms with E-state index in [2.05, 4.69) is 25.3 Å². The summed E-state index contributed by atoms with van der Waals surface area (Å²) < 4.78 is 11.1. The molecule has 3 aromatic heterocycles. The number of hydrogen-bond donors (Lipinski definition) is 0. The van der Waals surface area contributed by atoms with Gasteiger partial charge in [0.2, 0.25) is 0 Å². The second-order valence-electron chi connectivity index (χ2n) is 6.99. The van der Waals surface area contributed by atoms with Crippen LogP contribution in [0.5, 0.6) is 0 Å². The Hall–Kier alpha value is -3.20. The van der Waals surface area contributed by atoms with Crippen molar-refractivity contribution in [1.82, 2.24) is 30.2 Å². The van der Waals surface area contributed by atoms with Crippen LogP contribution < -0.4 is 0 Å². The Bertz CT molecular complexity index is 971. The molecule has 4 heterocycles. The van der Waals surface area contributed by atoms with Gasteiger partial charge in [-0.2, -0.15) is 5.10 Å². The normalized spacial score (nSPS) is 16.8. The summed E-state index contributed by atoms with van der Waals surface area (Å²) in [7, 11) is 0. The average Bonchev–Trinajstić information content (AvgIpc) is 3.11. The lowest BCUT2D eigenvalue weighted by Crippen LogP contribution is -2.46. The summed E-state index contributed by atoms with van der Waals surface area (Å²) in [5.74, 6) is 0.620. The first kappa shape index (κ1) is 19.1. The first-order valence-electron chi connectivity index (χ1n) is 9.54. The number of morpholine rings is 1. The number of rotatable bonds is 5. The summed E-state index contributed by atoms with van der Waals surface area (Å²) in [4.78, 5) is 23.1. The van der Waals surface area contributed by atoms with E-state index in [9.17, 15) is 4.79 Å². The Labute approximate surface area is 168 Å². The highest BCUT2D eigenvalue weighted by Crippen LogP contribution is 2.25. The van der Waals surface area contributed by atoms with Crippen molar-refractivity contribution >= 4 is 5.91 Å². The smallest absolute Gasteiger partial charge is 0.274 e. The van der Waals surface area contributed by atoms with Gasteiger partial charge in [0.15, 0.2) is 5.69 Å². The van der Waals surface area contributed by atoms with Gasteiger partial charge in [0.1, 0.15) is 12.1 Å². The summed E-state index contributed by atoms with van der Waals surface area (Å²) in [5.41, 5.74) is 3.78. The van der Waals surface area contributed by atoms with Crippen LogP contribution in [0.1, 0.15) is 34.1 Å². The molecule has 1 atom stereocenters. The first-order valence-corrected chi connectivity index (χ1v) is 9.54. The molecule has 150 valence electrons. The topological polar surface area (TPSA) is 107 Å². The number of aromatic nitrogens is 5. The van der Waals surface area contributed by atoms with Gasteiger partial charge in [0.25, 0.3) is 5.91 Å². The fourth-order valence-corrected chi connectivity index (χ4v) is 3.48. The van der Waals surface area contributed by atoms with E-state index in [1.807, 2.05) is 19.9 Å². The van der Waals surface area contributed by atoms with Gasteiger partial charge in [-0.3, -0.25) is 4.79 Å². The molecule has 0 saturated carbocycles. The lowest BCUT2D eigenvalue weighted by atomic mass is 10.1. The molecule has 1 aliphatic heterocycles. The number of hydrogen-bond acceptors (Lipinski definition) is 8. The molecule has 0 unspecified atom stereocenters. The highest BCUT2D eigenvalue weighted by Gasteiger charge is 2.26. The zero-order chi connectivity index (χ0) is 20.2. The van der Waals surface area contributed by atoms with E-state index < -0.39 is 0 Å². The van der Waals surface area contributed by atoms with Gasteiger partial charge in [-0.25, -0.2) is 9.97 Å². The lowest BCUT2D eigenvalue weighted by molar-refractivity contribution is -0.0249. The third-order valence-corrected chi connectivity index (χ3v) is 4.95. The molecule has 0 spiro atoms. The molecule has 1 aliphatic rings. The highest BCUT2D eigenvalue weighted by atomic mass is 16.5. The van der Waals surface area contributed by atoms with E-state index in [0.717, 1.165) is 41.2 Å². The molecule has 0 aromatic carbocycles. The molecule has 9 nitrogen and oxygen atoms in total. The Kier molecular flexibility index (Phi) is 5.57. The fourth-order valence-electron chi connectivity index (χ4n) is 3.48. The zero-order valence-corrected chi connectivity index (χ0v) is 16.4. The molecule has 9 heteroatoms. The van der Waals surface area contributed by atoms with Crippen LogP contribution in [0.25, 0.3) is 11.3 Å². The molecule has 29 heavy (non-hydrogen) atoms. The van der Waals surface area contributed by atoms with E-state index >= 15 is 0 Å². The van der Waals surface area contributed by atoms with E-state index in [0.29, 0.717) is 25.4 Å². The van der Waals surface area contributed by atoms with Gasteiger partial charge in [0, 0.05) is 25.0 Å². The number of ether oxygens (including phenoxy) is 1. The van der Waals surface area contributed by atoms with E-state index in [1.165, 1.54) is 0 Å². The minimum atomic E-state index is -0.117. The van der Waals surface area contributed by atoms with Crippen LogP contribution in [0.15, 0.2) is 35.2 Å². The van der Waals surface area contributed by atoms with Gasteiger partial charge in [-0.15, -0.1) is 5.10 Å². The SMILES string of the molecule is Cc1noc(C)c1-c1cc(CC[C@H]2CN(C(=O)c3cccnn3)CCO2)ncn1. The molecule has 1 fully saturated rings. The monoisotopic (exact) mass is 394 g/mol. The Morgan fingerprint density at radius 3 is 2.97 bits per heavy atom. The van der Waals surface area contributed by atoms with Crippen molar-refractivity contribution in [2.45, 2.75) is 32.8 Å². The van der Waals surface area contributed by atoms with Gasteiger partial charge in [-0.05, 0) is 44.9 Å². The molecule has 0 aliphatic carbocycles. The van der Waals surface area contributed by atoms with E-state index in [1.54, 1.807) is 29.6 Å². The van der Waals surface area contributed by atoms with Crippen molar-refractivity contribution in [3.8, 4) is 11.3 Å². The predicted octanol–water partition coefficient (Wildman–Crippen LogP) is 2.01. The molecule has 0 N–H and O–H groups in total. The second-order valence-corrected chi connectivity index (χ2v) is 6.99. The summed E-state index contributed by atoms with van der Waals surface area (Å²) in [5, 5.41) is 11.7. The van der Waals surface area contributed by atoms with Crippen molar-refractivity contribution < 1.29 is 14.1 Å². The van der Waals surface area contributed by atoms with Crippen molar-refractivity contribution in [2.75, 3.05) is 19.7 Å². The largest absolute Gasteiger partial charge is 0.375 e. The summed E-state index contributed by atoms with van der Waals surface area (Å²) >= 11 is 0. The number of carbonyl (C=O) groups excluding carboxylic acids is 1. The van der Waals surface area contributed by atoms with Crippen LogP contribution in [0.4, 0.5) is 0 Å². The van der Waals surface area contributed by atoms with Gasteiger partial charge < -0.3 is 14.2 Å². The average molecular weight is 394 g/mol. The zero-order valence-electron chi connectivity index (χ0n) is 16.4. The quantitative estimate of drug-likeness (QED) is 0.647. The highest BCUT2D eigenvalue weighted by molar-refractivity contribution is 5.92. The Morgan fingerprint density at radius 2 is 2.21 bits per heavy atom. The number of nitrogens with zero attached hydrogens (tertiary/aromatic N) is 6. The summed E-state index contributed by atoms with van der Waals surface area (Å²) in [6, 6.07) is 5.35. The van der Waals surface area contributed by atoms with E-state index in [4.69, 9.17) is 9.26 Å². The number of amides is 1. The standard InChI is InChI=1S/C20H22N6O3/c1-13-19(14(2)29-25-13)18-10-15(21-12-22-18)5-6-16-11-26(8-9-28-16)20(27)17-4-3-7-23-24-17/h3-4,7,10,12,16H,5-6,8-9,11H2,1-2H3/t16-/m0/s1. The van der Waals surface area contributed by atoms with Gasteiger partial charge in [0.05, 0.1) is 29.7 Å². The van der Waals surface area contributed by atoms with Gasteiger partial charge >= 0.3 is 0 Å². The Morgan fingerprint density at radius 1 is 1.31 bits per heavy atom. The van der Waals surface area contributed by atoms with Crippen LogP contribution in [-0.2, 0) is 11.2 Å². The maximum Gasteiger partial charge on any atom is 0.274 e. The van der Waals surface area contributed by atoms with Crippen molar-refractivity contribution in [3.63, 3.8) is 0 Å². The Balaban J connectivity index is 1.39. The van der Waals surface area contributed by atoms with Crippen molar-refractivity contribution in [2.24, 2.45) is 0 Å². The van der Waals surface area contributed by atoms with Crippen LogP contribution >= 0.6 is 0 Å². The first-order chi connectivity index (χ1) is 14.1. The predicted molar refractivity (Wildman–Crippen MR) is 103 cm³/mol. The van der Waals surface area contributed by atoms with Crippen LogP contribution in [0.2, 0.25) is 0 Å². The number of aryl methyl sites for hydroxylation is 3.